The summed E-state index contributed by atoms with van der Waals surface area (Å²) in [4.78, 5) is 4.20. The van der Waals surface area contributed by atoms with Crippen LogP contribution in [0.15, 0.2) is 21.1 Å². The Balaban J connectivity index is 1.88. The van der Waals surface area contributed by atoms with Crippen LogP contribution in [0.5, 0.6) is 0 Å². The fourth-order valence-corrected chi connectivity index (χ4v) is 2.74. The summed E-state index contributed by atoms with van der Waals surface area (Å²) in [7, 11) is 0. The zero-order valence-corrected chi connectivity index (χ0v) is 12.1. The van der Waals surface area contributed by atoms with Crippen molar-refractivity contribution in [2.45, 2.75) is 31.2 Å². The van der Waals surface area contributed by atoms with E-state index in [0.717, 1.165) is 25.3 Å². The van der Waals surface area contributed by atoms with Crippen molar-refractivity contribution in [1.29, 1.82) is 0 Å². The molecule has 0 radical (unpaired) electrons. The summed E-state index contributed by atoms with van der Waals surface area (Å²) in [5.74, 6) is -1.27. The first kappa shape index (κ1) is 13.6. The maximum atomic E-state index is 13.5. The van der Waals surface area contributed by atoms with E-state index in [9.17, 15) is 8.78 Å². The highest BCUT2D eigenvalue weighted by Gasteiger charge is 2.34. The molecule has 4 nitrogen and oxygen atoms in total. The summed E-state index contributed by atoms with van der Waals surface area (Å²) in [6, 6.07) is 2.43. The molecule has 1 aliphatic carbocycles. The van der Waals surface area contributed by atoms with Gasteiger partial charge in [0.2, 0.25) is 11.7 Å². The van der Waals surface area contributed by atoms with Crippen molar-refractivity contribution < 1.29 is 13.3 Å². The lowest BCUT2D eigenvalue weighted by Gasteiger charge is -2.36. The van der Waals surface area contributed by atoms with Gasteiger partial charge in [-0.1, -0.05) is 5.16 Å². The maximum Gasteiger partial charge on any atom is 0.228 e. The van der Waals surface area contributed by atoms with Crippen LogP contribution in [0.1, 0.15) is 25.2 Å². The number of halogens is 3. The summed E-state index contributed by atoms with van der Waals surface area (Å²) >= 11 is 3.00. The molecule has 2 aromatic rings. The molecule has 0 saturated heterocycles. The van der Waals surface area contributed by atoms with Gasteiger partial charge in [-0.15, -0.1) is 0 Å². The third kappa shape index (κ3) is 2.35. The molecule has 0 bridgehead atoms. The maximum absolute atomic E-state index is 13.5. The van der Waals surface area contributed by atoms with Crippen LogP contribution in [-0.4, -0.2) is 15.7 Å². The van der Waals surface area contributed by atoms with E-state index in [2.05, 4.69) is 26.1 Å². The molecule has 0 unspecified atom stereocenters. The van der Waals surface area contributed by atoms with Gasteiger partial charge in [0.1, 0.15) is 0 Å². The predicted molar refractivity (Wildman–Crippen MR) is 71.8 cm³/mol. The summed E-state index contributed by atoms with van der Waals surface area (Å²) in [6.45, 7) is 0. The van der Waals surface area contributed by atoms with Gasteiger partial charge in [0.25, 0.3) is 0 Å². The van der Waals surface area contributed by atoms with E-state index in [1.54, 1.807) is 0 Å². The summed E-state index contributed by atoms with van der Waals surface area (Å²) in [5, 5.41) is 3.80. The van der Waals surface area contributed by atoms with E-state index < -0.39 is 11.6 Å². The van der Waals surface area contributed by atoms with Crippen LogP contribution >= 0.6 is 15.9 Å². The van der Waals surface area contributed by atoms with Gasteiger partial charge in [-0.25, -0.2) is 8.78 Å². The summed E-state index contributed by atoms with van der Waals surface area (Å²) in [5.41, 5.74) is 6.19. The van der Waals surface area contributed by atoms with E-state index in [1.807, 2.05) is 0 Å². The first-order chi connectivity index (χ1) is 9.48. The Hall–Kier alpha value is -1.34. The van der Waals surface area contributed by atoms with Gasteiger partial charge < -0.3 is 10.3 Å². The van der Waals surface area contributed by atoms with Crippen LogP contribution in [0.3, 0.4) is 0 Å². The lowest BCUT2D eigenvalue weighted by molar-refractivity contribution is 0.222. The van der Waals surface area contributed by atoms with Gasteiger partial charge in [-0.05, 0) is 47.3 Å². The first-order valence-electron chi connectivity index (χ1n) is 6.24. The highest BCUT2D eigenvalue weighted by atomic mass is 79.9. The molecule has 2 N–H and O–H groups in total. The van der Waals surface area contributed by atoms with E-state index in [-0.39, 0.29) is 15.8 Å². The van der Waals surface area contributed by atoms with Crippen molar-refractivity contribution in [1.82, 2.24) is 10.1 Å². The third-order valence-electron chi connectivity index (χ3n) is 3.60. The number of rotatable bonds is 3. The molecule has 1 saturated carbocycles. The lowest BCUT2D eigenvalue weighted by Crippen LogP contribution is -2.48. The molecule has 0 atom stereocenters. The number of hydrogen-bond acceptors (Lipinski definition) is 4. The molecule has 1 aliphatic rings. The zero-order chi connectivity index (χ0) is 14.3. The number of benzene rings is 1. The fraction of sp³-hybridized carbons (Fsp3) is 0.385. The van der Waals surface area contributed by atoms with Gasteiger partial charge in [-0.3, -0.25) is 0 Å². The van der Waals surface area contributed by atoms with Crippen LogP contribution in [0, 0.1) is 11.6 Å². The molecule has 1 aromatic carbocycles. The van der Waals surface area contributed by atoms with E-state index in [1.165, 1.54) is 6.07 Å². The second-order valence-electron chi connectivity index (χ2n) is 5.13. The Morgan fingerprint density at radius 3 is 2.75 bits per heavy atom. The molecular formula is C13H12BrF2N3O. The molecular weight excluding hydrogens is 332 g/mol. The molecule has 0 aliphatic heterocycles. The Morgan fingerprint density at radius 1 is 1.35 bits per heavy atom. The Kier molecular flexibility index (Phi) is 3.33. The largest absolute Gasteiger partial charge is 0.339 e. The standard InChI is InChI=1S/C13H12BrF2N3O/c14-10-7(2-3-8(15)11(10)16)12-18-9(20-19-12)6-13(17)4-1-5-13/h2-3H,1,4-6,17H2. The van der Waals surface area contributed by atoms with Crippen molar-refractivity contribution in [2.75, 3.05) is 0 Å². The van der Waals surface area contributed by atoms with Crippen molar-refractivity contribution in [3.63, 3.8) is 0 Å². The molecule has 0 spiro atoms. The molecule has 3 rings (SSSR count). The molecule has 20 heavy (non-hydrogen) atoms. The van der Waals surface area contributed by atoms with Gasteiger partial charge in [0, 0.05) is 17.5 Å². The summed E-state index contributed by atoms with van der Waals surface area (Å²) < 4.78 is 31.7. The average molecular weight is 344 g/mol. The molecule has 1 fully saturated rings. The van der Waals surface area contributed by atoms with Crippen molar-refractivity contribution in [2.24, 2.45) is 5.73 Å². The number of hydrogen-bond donors (Lipinski definition) is 1. The van der Waals surface area contributed by atoms with Gasteiger partial charge >= 0.3 is 0 Å². The van der Waals surface area contributed by atoms with Gasteiger partial charge in [0.15, 0.2) is 11.6 Å². The molecule has 0 amide bonds. The SMILES string of the molecule is NC1(Cc2nc(-c3ccc(F)c(F)c3Br)no2)CCC1. The van der Waals surface area contributed by atoms with Crippen molar-refractivity contribution in [3.05, 3.63) is 34.1 Å². The molecule has 7 heteroatoms. The molecule has 106 valence electrons. The van der Waals surface area contributed by atoms with Crippen LogP contribution < -0.4 is 5.73 Å². The number of nitrogens with zero attached hydrogens (tertiary/aromatic N) is 2. The van der Waals surface area contributed by atoms with Crippen molar-refractivity contribution in [3.8, 4) is 11.4 Å². The zero-order valence-electron chi connectivity index (χ0n) is 10.5. The monoisotopic (exact) mass is 343 g/mol. The van der Waals surface area contributed by atoms with Gasteiger partial charge in [0.05, 0.1) is 4.47 Å². The average Bonchev–Trinajstić information content (AvgIpc) is 2.82. The smallest absolute Gasteiger partial charge is 0.228 e. The van der Waals surface area contributed by atoms with Crippen LogP contribution in [-0.2, 0) is 6.42 Å². The minimum Gasteiger partial charge on any atom is -0.339 e. The second kappa shape index (κ2) is 4.89. The second-order valence-corrected chi connectivity index (χ2v) is 5.92. The van der Waals surface area contributed by atoms with Crippen LogP contribution in [0.4, 0.5) is 8.78 Å². The quantitative estimate of drug-likeness (QED) is 0.869. The molecule has 1 aromatic heterocycles. The van der Waals surface area contributed by atoms with Crippen molar-refractivity contribution >= 4 is 15.9 Å². The molecule has 1 heterocycles. The lowest BCUT2D eigenvalue weighted by atomic mass is 9.75. The highest BCUT2D eigenvalue weighted by Crippen LogP contribution is 2.33. The number of aromatic nitrogens is 2. The first-order valence-corrected chi connectivity index (χ1v) is 7.03. The Labute approximate surface area is 122 Å². The Morgan fingerprint density at radius 2 is 2.10 bits per heavy atom. The highest BCUT2D eigenvalue weighted by molar-refractivity contribution is 9.10. The van der Waals surface area contributed by atoms with E-state index >= 15 is 0 Å². The minimum atomic E-state index is -0.969. The van der Waals surface area contributed by atoms with Gasteiger partial charge in [-0.2, -0.15) is 4.98 Å². The number of nitrogens with two attached hydrogens (primary N) is 1. The Bertz CT molecular complexity index is 655. The van der Waals surface area contributed by atoms with Crippen LogP contribution in [0.25, 0.3) is 11.4 Å². The summed E-state index contributed by atoms with van der Waals surface area (Å²) in [6.07, 6.45) is 3.46. The normalized spacial score (nSPS) is 17.0. The fourth-order valence-electron chi connectivity index (χ4n) is 2.24. The third-order valence-corrected chi connectivity index (χ3v) is 4.37. The topological polar surface area (TPSA) is 64.9 Å². The predicted octanol–water partition coefficient (Wildman–Crippen LogP) is 3.20. The minimum absolute atomic E-state index is 0.0176. The van der Waals surface area contributed by atoms with Crippen LogP contribution in [0.2, 0.25) is 0 Å². The van der Waals surface area contributed by atoms with E-state index in [0.29, 0.717) is 17.9 Å². The van der Waals surface area contributed by atoms with E-state index in [4.69, 9.17) is 10.3 Å².